The molecule has 3 rings (SSSR count). The first kappa shape index (κ1) is 20.0. The van der Waals surface area contributed by atoms with Crippen LogP contribution < -0.4 is 10.0 Å². The van der Waals surface area contributed by atoms with Crippen molar-refractivity contribution in [2.45, 2.75) is 51.2 Å². The lowest BCUT2D eigenvalue weighted by Gasteiger charge is -2.32. The van der Waals surface area contributed by atoms with Gasteiger partial charge in [-0.05, 0) is 37.8 Å². The van der Waals surface area contributed by atoms with Gasteiger partial charge in [0, 0.05) is 32.2 Å². The summed E-state index contributed by atoms with van der Waals surface area (Å²) >= 11 is 0. The van der Waals surface area contributed by atoms with Gasteiger partial charge in [-0.1, -0.05) is 31.9 Å². The average Bonchev–Trinajstić information content (AvgIpc) is 3.19. The van der Waals surface area contributed by atoms with Crippen LogP contribution >= 0.6 is 0 Å². The van der Waals surface area contributed by atoms with Gasteiger partial charge in [0.1, 0.15) is 0 Å². The molecule has 1 saturated carbocycles. The highest BCUT2D eigenvalue weighted by Gasteiger charge is 2.24. The number of nitrogens with one attached hydrogen (secondary N) is 2. The van der Waals surface area contributed by atoms with E-state index >= 15 is 0 Å². The molecule has 148 valence electrons. The Morgan fingerprint density at radius 3 is 2.77 bits per heavy atom. The monoisotopic (exact) mass is 383 g/mol. The molecule has 7 heteroatoms. The fourth-order valence-electron chi connectivity index (χ4n) is 3.92. The molecule has 6 nitrogen and oxygen atoms in total. The van der Waals surface area contributed by atoms with E-state index < -0.39 is 10.0 Å². The summed E-state index contributed by atoms with van der Waals surface area (Å²) in [7, 11) is -3.46. The number of hydrogen-bond acceptors (Lipinski definition) is 5. The lowest BCUT2D eigenvalue weighted by Crippen LogP contribution is -2.47. The maximum absolute atomic E-state index is 12.5. The van der Waals surface area contributed by atoms with Gasteiger partial charge in [-0.15, -0.1) is 0 Å². The second-order valence-electron chi connectivity index (χ2n) is 7.59. The number of morpholine rings is 1. The zero-order valence-electron chi connectivity index (χ0n) is 15.8. The van der Waals surface area contributed by atoms with Crippen molar-refractivity contribution in [2.75, 3.05) is 39.3 Å². The highest BCUT2D eigenvalue weighted by Crippen LogP contribution is 2.22. The highest BCUT2D eigenvalue weighted by atomic mass is 32.2. The first-order valence-electron chi connectivity index (χ1n) is 10.0. The number of likely N-dealkylation sites (N-methyl/N-ethyl adjacent to an activating group) is 1. The molecule has 0 radical (unpaired) electrons. The quantitative estimate of drug-likeness (QED) is 0.666. The Morgan fingerprint density at radius 2 is 2.08 bits per heavy atom. The molecule has 0 bridgehead atoms. The average molecular weight is 384 g/mol. The van der Waals surface area contributed by atoms with E-state index in [1.165, 1.54) is 25.7 Å². The Kier molecular flexibility index (Phi) is 7.28. The third-order valence-corrected chi connectivity index (χ3v) is 7.13. The lowest BCUT2D eigenvalue weighted by molar-refractivity contribution is -0.0228. The summed E-state index contributed by atoms with van der Waals surface area (Å²) in [5.41, 5.74) is 0. The first-order chi connectivity index (χ1) is 12.6. The molecular weight excluding hydrogens is 350 g/mol. The van der Waals surface area contributed by atoms with E-state index in [2.05, 4.69) is 21.9 Å². The van der Waals surface area contributed by atoms with Crippen LogP contribution in [0.25, 0.3) is 0 Å². The zero-order chi connectivity index (χ0) is 18.4. The molecule has 1 aliphatic heterocycles. The van der Waals surface area contributed by atoms with Crippen molar-refractivity contribution < 1.29 is 13.2 Å². The molecule has 1 saturated heterocycles. The number of allylic oxidation sites excluding steroid dienone is 2. The van der Waals surface area contributed by atoms with E-state index in [-0.39, 0.29) is 6.10 Å². The number of nitrogens with zero attached hydrogens (tertiary/aromatic N) is 1. The molecule has 0 aromatic rings. The fraction of sp³-hybridized carbons (Fsp3) is 0.789. The maximum Gasteiger partial charge on any atom is 0.240 e. The predicted molar refractivity (Wildman–Crippen MR) is 104 cm³/mol. The largest absolute Gasteiger partial charge is 0.374 e. The van der Waals surface area contributed by atoms with E-state index in [0.717, 1.165) is 32.6 Å². The zero-order valence-corrected chi connectivity index (χ0v) is 16.6. The molecule has 3 aliphatic rings. The molecule has 2 fully saturated rings. The summed E-state index contributed by atoms with van der Waals surface area (Å²) in [5, 5.41) is 3.62. The van der Waals surface area contributed by atoms with E-state index in [0.29, 0.717) is 30.0 Å². The molecular formula is C19H33N3O3S. The predicted octanol–water partition coefficient (Wildman–Crippen LogP) is 1.62. The second kappa shape index (κ2) is 9.46. The Bertz CT molecular complexity index is 612. The summed E-state index contributed by atoms with van der Waals surface area (Å²) in [6, 6.07) is 0.650. The van der Waals surface area contributed by atoms with Crippen molar-refractivity contribution in [2.24, 2.45) is 5.92 Å². The fourth-order valence-corrected chi connectivity index (χ4v) is 5.07. The minimum Gasteiger partial charge on any atom is -0.374 e. The van der Waals surface area contributed by atoms with Gasteiger partial charge in [-0.3, -0.25) is 4.90 Å². The molecule has 0 amide bonds. The van der Waals surface area contributed by atoms with Gasteiger partial charge >= 0.3 is 0 Å². The van der Waals surface area contributed by atoms with E-state index in [1.54, 1.807) is 6.08 Å². The Morgan fingerprint density at radius 1 is 1.27 bits per heavy atom. The van der Waals surface area contributed by atoms with Crippen LogP contribution in [0.5, 0.6) is 0 Å². The van der Waals surface area contributed by atoms with E-state index in [1.807, 2.05) is 12.2 Å². The number of sulfonamides is 1. The number of ether oxygens (including phenoxy) is 1. The summed E-state index contributed by atoms with van der Waals surface area (Å²) in [6.45, 7) is 6.71. The summed E-state index contributed by atoms with van der Waals surface area (Å²) in [5.74, 6) is 0.384. The molecule has 0 aromatic heterocycles. The van der Waals surface area contributed by atoms with Gasteiger partial charge in [-0.25, -0.2) is 13.1 Å². The van der Waals surface area contributed by atoms with E-state index in [4.69, 9.17) is 4.74 Å². The first-order valence-corrected chi connectivity index (χ1v) is 11.5. The molecule has 2 N–H and O–H groups in total. The Balaban J connectivity index is 1.43. The minimum atomic E-state index is -3.46. The van der Waals surface area contributed by atoms with Crippen molar-refractivity contribution in [1.29, 1.82) is 0 Å². The van der Waals surface area contributed by atoms with Gasteiger partial charge < -0.3 is 10.1 Å². The van der Waals surface area contributed by atoms with Gasteiger partial charge in [-0.2, -0.15) is 0 Å². The number of rotatable bonds is 8. The summed E-state index contributed by atoms with van der Waals surface area (Å²) in [6.07, 6.45) is 11.5. The van der Waals surface area contributed by atoms with Crippen LogP contribution in [0.4, 0.5) is 0 Å². The summed E-state index contributed by atoms with van der Waals surface area (Å²) < 4.78 is 33.5. The number of hydrogen-bond donors (Lipinski definition) is 2. The van der Waals surface area contributed by atoms with Crippen LogP contribution in [0.1, 0.15) is 39.0 Å². The van der Waals surface area contributed by atoms with Crippen LogP contribution in [0.2, 0.25) is 0 Å². The van der Waals surface area contributed by atoms with Gasteiger partial charge in [0.15, 0.2) is 0 Å². The van der Waals surface area contributed by atoms with Gasteiger partial charge in [0.2, 0.25) is 10.0 Å². The molecule has 26 heavy (non-hydrogen) atoms. The van der Waals surface area contributed by atoms with Gasteiger partial charge in [0.25, 0.3) is 0 Å². The molecule has 0 spiro atoms. The molecule has 2 atom stereocenters. The third kappa shape index (κ3) is 5.63. The van der Waals surface area contributed by atoms with Crippen molar-refractivity contribution in [3.63, 3.8) is 0 Å². The van der Waals surface area contributed by atoms with Crippen molar-refractivity contribution in [3.05, 3.63) is 23.1 Å². The van der Waals surface area contributed by atoms with Crippen LogP contribution in [0, 0.1) is 5.92 Å². The highest BCUT2D eigenvalue weighted by molar-refractivity contribution is 7.93. The molecule has 2 unspecified atom stereocenters. The SMILES string of the molecule is CCN1CCOC(CNS(=O)(=O)C2=CCC(CNC3CCCC3)C=C2)C1. The van der Waals surface area contributed by atoms with E-state index in [9.17, 15) is 8.42 Å². The van der Waals surface area contributed by atoms with Crippen molar-refractivity contribution >= 4 is 10.0 Å². The van der Waals surface area contributed by atoms with Crippen LogP contribution in [-0.4, -0.2) is 64.8 Å². The van der Waals surface area contributed by atoms with Crippen LogP contribution in [0.15, 0.2) is 23.1 Å². The maximum atomic E-state index is 12.5. The normalized spacial score (nSPS) is 28.4. The standard InChI is InChI=1S/C19H33N3O3S/c1-2-22-11-12-25-18(15-22)14-21-26(23,24)19-9-7-16(8-10-19)13-20-17-5-3-4-6-17/h7,9-10,16-18,20-21H,2-6,8,11-15H2,1H3. The summed E-state index contributed by atoms with van der Waals surface area (Å²) in [4.78, 5) is 2.67. The second-order valence-corrected chi connectivity index (χ2v) is 9.36. The molecule has 1 heterocycles. The Labute approximate surface area is 158 Å². The van der Waals surface area contributed by atoms with Crippen LogP contribution in [-0.2, 0) is 14.8 Å². The smallest absolute Gasteiger partial charge is 0.240 e. The van der Waals surface area contributed by atoms with Crippen molar-refractivity contribution in [1.82, 2.24) is 14.9 Å². The molecule has 0 aromatic carbocycles. The topological polar surface area (TPSA) is 70.7 Å². The Hall–Kier alpha value is -0.730. The van der Waals surface area contributed by atoms with Crippen molar-refractivity contribution in [3.8, 4) is 0 Å². The third-order valence-electron chi connectivity index (χ3n) is 5.66. The lowest BCUT2D eigenvalue weighted by atomic mass is 10.0. The van der Waals surface area contributed by atoms with Crippen LogP contribution in [0.3, 0.4) is 0 Å². The minimum absolute atomic E-state index is 0.0741. The molecule has 2 aliphatic carbocycles. The van der Waals surface area contributed by atoms with Gasteiger partial charge in [0.05, 0.1) is 17.6 Å².